The van der Waals surface area contributed by atoms with E-state index in [0.717, 1.165) is 29.2 Å². The van der Waals surface area contributed by atoms with Gasteiger partial charge >= 0.3 is 5.97 Å². The van der Waals surface area contributed by atoms with Gasteiger partial charge in [0, 0.05) is 35.8 Å². The number of fused-ring (bicyclic) bond motifs is 3. The Kier molecular flexibility index (Phi) is 3.87. The summed E-state index contributed by atoms with van der Waals surface area (Å²) >= 11 is 0. The summed E-state index contributed by atoms with van der Waals surface area (Å²) in [6, 6.07) is 11.9. The number of benzene rings is 1. The maximum atomic E-state index is 12.4. The van der Waals surface area contributed by atoms with Gasteiger partial charge in [-0.1, -0.05) is 12.1 Å². The Hall–Kier alpha value is -2.89. The lowest BCUT2D eigenvalue weighted by molar-refractivity contribution is -0.145. The molecule has 0 fully saturated rings. The quantitative estimate of drug-likeness (QED) is 0.868. The van der Waals surface area contributed by atoms with E-state index in [1.54, 1.807) is 12.4 Å². The van der Waals surface area contributed by atoms with Gasteiger partial charge in [-0.25, -0.2) is 0 Å². The highest BCUT2D eigenvalue weighted by Gasteiger charge is 2.48. The molecule has 2 aliphatic heterocycles. The van der Waals surface area contributed by atoms with E-state index >= 15 is 0 Å². The minimum Gasteiger partial charge on any atom is -0.466 e. The van der Waals surface area contributed by atoms with Crippen LogP contribution in [0.15, 0.2) is 53.8 Å². The number of ether oxygens (including phenoxy) is 1. The van der Waals surface area contributed by atoms with Crippen LogP contribution in [0.2, 0.25) is 0 Å². The number of aliphatic imine (C=N–C) groups is 1. The molecule has 4 rings (SSSR count). The maximum absolute atomic E-state index is 12.4. The molecule has 0 saturated carbocycles. The Bertz CT molecular complexity index is 821. The van der Waals surface area contributed by atoms with Crippen molar-refractivity contribution in [3.05, 3.63) is 59.9 Å². The average Bonchev–Trinajstić information content (AvgIpc) is 3.13. The lowest BCUT2D eigenvalue weighted by Gasteiger charge is -2.48. The smallest absolute Gasteiger partial charge is 0.310 e. The molecule has 25 heavy (non-hydrogen) atoms. The number of carbonyl (C=O) groups excluding carboxylic acids is 1. The number of nitrogens with one attached hydrogen (secondary N) is 1. The molecule has 0 amide bonds. The van der Waals surface area contributed by atoms with Crippen LogP contribution in [-0.4, -0.2) is 41.4 Å². The van der Waals surface area contributed by atoms with Crippen LogP contribution < -0.4 is 5.32 Å². The van der Waals surface area contributed by atoms with Crippen molar-refractivity contribution in [3.63, 3.8) is 0 Å². The van der Waals surface area contributed by atoms with Crippen LogP contribution in [0.1, 0.15) is 24.5 Å². The lowest BCUT2D eigenvalue weighted by Crippen LogP contribution is -2.57. The van der Waals surface area contributed by atoms with Crippen LogP contribution >= 0.6 is 0 Å². The highest BCUT2D eigenvalue weighted by molar-refractivity contribution is 6.07. The Labute approximate surface area is 146 Å². The Morgan fingerprint density at radius 2 is 2.08 bits per heavy atom. The molecule has 1 aromatic carbocycles. The van der Waals surface area contributed by atoms with Gasteiger partial charge in [-0.3, -0.25) is 14.8 Å². The first kappa shape index (κ1) is 15.6. The second-order valence-corrected chi connectivity index (χ2v) is 6.11. The largest absolute Gasteiger partial charge is 0.466 e. The number of amidine groups is 1. The first-order valence-electron chi connectivity index (χ1n) is 8.50. The van der Waals surface area contributed by atoms with E-state index in [1.807, 2.05) is 37.3 Å². The van der Waals surface area contributed by atoms with Gasteiger partial charge in [0.1, 0.15) is 11.5 Å². The summed E-state index contributed by atoms with van der Waals surface area (Å²) in [5.41, 5.74) is 2.28. The van der Waals surface area contributed by atoms with Crippen molar-refractivity contribution in [1.29, 1.82) is 0 Å². The van der Waals surface area contributed by atoms with Crippen molar-refractivity contribution in [1.82, 2.24) is 9.88 Å². The number of aromatic nitrogens is 1. The summed E-state index contributed by atoms with van der Waals surface area (Å²) in [6.07, 6.45) is 3.69. The number of esters is 1. The van der Waals surface area contributed by atoms with Crippen molar-refractivity contribution in [2.45, 2.75) is 19.0 Å². The Balaban J connectivity index is 1.86. The number of hydrogen-bond donors (Lipinski definition) is 1. The van der Waals surface area contributed by atoms with Crippen LogP contribution in [0.25, 0.3) is 0 Å². The van der Waals surface area contributed by atoms with Crippen LogP contribution in [-0.2, 0) is 15.2 Å². The first-order chi connectivity index (χ1) is 12.2. The van der Waals surface area contributed by atoms with Crippen molar-refractivity contribution >= 4 is 17.5 Å². The molecule has 6 heteroatoms. The van der Waals surface area contributed by atoms with Crippen molar-refractivity contribution in [3.8, 4) is 0 Å². The minimum absolute atomic E-state index is 0.193. The van der Waals surface area contributed by atoms with Gasteiger partial charge in [-0.15, -0.1) is 0 Å². The number of rotatable bonds is 4. The molecule has 1 unspecified atom stereocenters. The number of carbonyl (C=O) groups is 1. The Morgan fingerprint density at radius 3 is 2.88 bits per heavy atom. The number of para-hydroxylation sites is 1. The summed E-state index contributed by atoms with van der Waals surface area (Å²) in [5.74, 6) is 0.688. The topological polar surface area (TPSA) is 66.8 Å². The van der Waals surface area contributed by atoms with E-state index in [1.165, 1.54) is 0 Å². The second-order valence-electron chi connectivity index (χ2n) is 6.11. The van der Waals surface area contributed by atoms with Gasteiger partial charge in [0.05, 0.1) is 19.6 Å². The Morgan fingerprint density at radius 1 is 1.28 bits per heavy atom. The maximum Gasteiger partial charge on any atom is 0.310 e. The zero-order chi connectivity index (χ0) is 17.3. The van der Waals surface area contributed by atoms with Gasteiger partial charge in [-0.2, -0.15) is 0 Å². The molecular weight excluding hydrogens is 316 g/mol. The first-order valence-corrected chi connectivity index (χ1v) is 8.50. The molecule has 1 N–H and O–H groups in total. The van der Waals surface area contributed by atoms with E-state index < -0.39 is 5.66 Å². The lowest BCUT2D eigenvalue weighted by atomic mass is 9.90. The number of pyridine rings is 1. The molecule has 2 aromatic rings. The van der Waals surface area contributed by atoms with Gasteiger partial charge in [-0.05, 0) is 31.2 Å². The molecule has 3 heterocycles. The van der Waals surface area contributed by atoms with Crippen LogP contribution in [0.4, 0.5) is 5.69 Å². The predicted octanol–water partition coefficient (Wildman–Crippen LogP) is 2.38. The average molecular weight is 336 g/mol. The fraction of sp³-hybridized carbons (Fsp3) is 0.316. The summed E-state index contributed by atoms with van der Waals surface area (Å²) in [5, 5.41) is 3.60. The number of nitrogens with zero attached hydrogens (tertiary/aromatic N) is 3. The summed E-state index contributed by atoms with van der Waals surface area (Å²) < 4.78 is 5.27. The molecule has 1 aromatic heterocycles. The predicted molar refractivity (Wildman–Crippen MR) is 95.3 cm³/mol. The van der Waals surface area contributed by atoms with Gasteiger partial charge in [0.25, 0.3) is 0 Å². The standard InChI is InChI=1S/C19H20N4O2/c1-2-25-17(24)13-19(14-7-9-20-10-8-14)22-16-6-4-3-5-15(16)18-21-11-12-23(18)19/h3-10,22H,2,11-13H2,1H3. The van der Waals surface area contributed by atoms with E-state index in [-0.39, 0.29) is 12.4 Å². The van der Waals surface area contributed by atoms with E-state index in [0.29, 0.717) is 13.2 Å². The van der Waals surface area contributed by atoms with E-state index in [4.69, 9.17) is 9.73 Å². The molecular formula is C19H20N4O2. The van der Waals surface area contributed by atoms with Crippen LogP contribution in [0.5, 0.6) is 0 Å². The highest BCUT2D eigenvalue weighted by Crippen LogP contribution is 2.41. The van der Waals surface area contributed by atoms with Crippen molar-refractivity contribution < 1.29 is 9.53 Å². The summed E-state index contributed by atoms with van der Waals surface area (Å²) in [6.45, 7) is 3.64. The van der Waals surface area contributed by atoms with E-state index in [2.05, 4.69) is 21.3 Å². The molecule has 128 valence electrons. The molecule has 0 spiro atoms. The molecule has 0 radical (unpaired) electrons. The normalized spacial score (nSPS) is 21.0. The molecule has 1 atom stereocenters. The zero-order valence-electron chi connectivity index (χ0n) is 14.1. The monoisotopic (exact) mass is 336 g/mol. The molecule has 6 nitrogen and oxygen atoms in total. The van der Waals surface area contributed by atoms with Crippen LogP contribution in [0.3, 0.4) is 0 Å². The summed E-state index contributed by atoms with van der Waals surface area (Å²) in [7, 11) is 0. The fourth-order valence-electron chi connectivity index (χ4n) is 3.64. The number of anilines is 1. The molecule has 0 bridgehead atoms. The van der Waals surface area contributed by atoms with Crippen LogP contribution in [0, 0.1) is 0 Å². The highest BCUT2D eigenvalue weighted by atomic mass is 16.5. The number of hydrogen-bond acceptors (Lipinski definition) is 6. The van der Waals surface area contributed by atoms with Gasteiger partial charge < -0.3 is 15.0 Å². The molecule has 0 saturated heterocycles. The van der Waals surface area contributed by atoms with Gasteiger partial charge in [0.15, 0.2) is 0 Å². The molecule has 0 aliphatic carbocycles. The summed E-state index contributed by atoms with van der Waals surface area (Å²) in [4.78, 5) is 23.5. The third-order valence-corrected chi connectivity index (χ3v) is 4.67. The van der Waals surface area contributed by atoms with Crippen molar-refractivity contribution in [2.24, 2.45) is 4.99 Å². The minimum atomic E-state index is -0.723. The van der Waals surface area contributed by atoms with E-state index in [9.17, 15) is 4.79 Å². The third kappa shape index (κ3) is 2.54. The fourth-order valence-corrected chi connectivity index (χ4v) is 3.64. The third-order valence-electron chi connectivity index (χ3n) is 4.67. The van der Waals surface area contributed by atoms with Crippen molar-refractivity contribution in [2.75, 3.05) is 25.0 Å². The molecule has 2 aliphatic rings. The zero-order valence-corrected chi connectivity index (χ0v) is 14.1. The SMILES string of the molecule is CCOC(=O)CC1(c2ccncc2)Nc2ccccc2C2=NCCN21. The van der Waals surface area contributed by atoms with Gasteiger partial charge in [0.2, 0.25) is 0 Å². The second kappa shape index (κ2) is 6.20.